The Kier molecular flexibility index (Phi) is 6.66. The molecule has 0 saturated carbocycles. The van der Waals surface area contributed by atoms with E-state index in [1.165, 1.54) is 22.4 Å². The van der Waals surface area contributed by atoms with E-state index < -0.39 is 14.4 Å². The number of anilines is 1. The standard InChI is InChI=1S/C16H16N.C6H6N.CH3.Al/c1-3-16-13(2)8-7-9-14(16)12-17-15-10-5-4-6-11-15;7-6-4-2-1-3-5-6;;/h4-12H,2-3H2,1H3;1-5,7H;1H3;/q;-1;;+1. The van der Waals surface area contributed by atoms with Gasteiger partial charge in [-0.2, -0.15) is 0 Å². The molecule has 0 amide bonds. The fourth-order valence-corrected chi connectivity index (χ4v) is 5.16. The van der Waals surface area contributed by atoms with Gasteiger partial charge in [-0.25, -0.2) is 0 Å². The highest BCUT2D eigenvalue weighted by Gasteiger charge is 2.16. The number of aliphatic imine (C=N–C) groups is 1. The van der Waals surface area contributed by atoms with Crippen LogP contribution in [-0.4, -0.2) is 20.6 Å². The second-order valence-corrected chi connectivity index (χ2v) is 9.05. The minimum atomic E-state index is -1.09. The summed E-state index contributed by atoms with van der Waals surface area (Å²) in [5.74, 6) is 2.37. The molecule has 0 unspecified atom stereocenters. The Morgan fingerprint density at radius 2 is 1.58 bits per heavy atom. The predicted octanol–water partition coefficient (Wildman–Crippen LogP) is 5.81. The van der Waals surface area contributed by atoms with Gasteiger partial charge in [-0.3, -0.25) is 4.99 Å². The van der Waals surface area contributed by atoms with Crippen molar-refractivity contribution >= 4 is 32.0 Å². The minimum Gasteiger partial charge on any atom is -0.476 e. The second kappa shape index (κ2) is 9.38. The van der Waals surface area contributed by atoms with Crippen molar-refractivity contribution in [1.29, 1.82) is 0 Å². The van der Waals surface area contributed by atoms with E-state index in [2.05, 4.69) is 70.5 Å². The highest BCUT2D eigenvalue weighted by atomic mass is 27.2. The molecular formula is C23H25AlN2. The van der Waals surface area contributed by atoms with Crippen molar-refractivity contribution in [3.63, 3.8) is 0 Å². The largest absolute Gasteiger partial charge is 0.476 e. The smallest absolute Gasteiger partial charge is 0.412 e. The van der Waals surface area contributed by atoms with Gasteiger partial charge in [0.25, 0.3) is 0 Å². The summed E-state index contributed by atoms with van der Waals surface area (Å²) in [5.41, 5.74) is 6.32. The summed E-state index contributed by atoms with van der Waals surface area (Å²) in [6.07, 6.45) is 3.04. The van der Waals surface area contributed by atoms with Crippen LogP contribution in [-0.2, 0) is 11.7 Å². The molecule has 0 atom stereocenters. The summed E-state index contributed by atoms with van der Waals surface area (Å²) in [7, 11) is 0. The van der Waals surface area contributed by atoms with Gasteiger partial charge in [-0.15, -0.1) is 0 Å². The molecule has 0 aromatic heterocycles. The molecule has 0 spiro atoms. The summed E-state index contributed by atoms with van der Waals surface area (Å²) in [5, 5.41) is 1.13. The Morgan fingerprint density at radius 3 is 2.27 bits per heavy atom. The highest BCUT2D eigenvalue weighted by Crippen LogP contribution is 2.18. The highest BCUT2D eigenvalue weighted by molar-refractivity contribution is 6.60. The average molecular weight is 356 g/mol. The van der Waals surface area contributed by atoms with Crippen LogP contribution in [0.2, 0.25) is 5.79 Å². The first kappa shape index (κ1) is 18.5. The Hall–Kier alpha value is -2.34. The van der Waals surface area contributed by atoms with E-state index in [0.29, 0.717) is 0 Å². The summed E-state index contributed by atoms with van der Waals surface area (Å²) in [6.45, 7) is 2.23. The molecule has 0 aliphatic carbocycles. The van der Waals surface area contributed by atoms with Crippen LogP contribution in [0.1, 0.15) is 23.6 Å². The van der Waals surface area contributed by atoms with Crippen molar-refractivity contribution in [1.82, 2.24) is 0 Å². The van der Waals surface area contributed by atoms with Gasteiger partial charge in [0, 0.05) is 11.9 Å². The Balaban J connectivity index is 1.76. The molecule has 26 heavy (non-hydrogen) atoms. The van der Waals surface area contributed by atoms with Crippen LogP contribution in [0.25, 0.3) is 0 Å². The quantitative estimate of drug-likeness (QED) is 0.419. The predicted molar refractivity (Wildman–Crippen MR) is 115 cm³/mol. The lowest BCUT2D eigenvalue weighted by Gasteiger charge is -2.15. The molecule has 0 radical (unpaired) electrons. The van der Waals surface area contributed by atoms with Gasteiger partial charge in [-0.1, -0.05) is 72.9 Å². The molecule has 3 aromatic carbocycles. The van der Waals surface area contributed by atoms with Gasteiger partial charge in [0.2, 0.25) is 0 Å². The lowest BCUT2D eigenvalue weighted by molar-refractivity contribution is 1.09. The zero-order valence-electron chi connectivity index (χ0n) is 15.5. The van der Waals surface area contributed by atoms with E-state index in [9.17, 15) is 0 Å². The summed E-state index contributed by atoms with van der Waals surface area (Å²) < 4.78 is 3.72. The van der Waals surface area contributed by atoms with Crippen molar-refractivity contribution in [3.05, 3.63) is 95.6 Å². The van der Waals surface area contributed by atoms with Crippen LogP contribution in [0.3, 0.4) is 0 Å². The van der Waals surface area contributed by atoms with Crippen molar-refractivity contribution in [2.75, 3.05) is 4.30 Å². The van der Waals surface area contributed by atoms with Crippen molar-refractivity contribution in [2.24, 2.45) is 4.99 Å². The molecule has 3 heteroatoms. The third-order valence-electron chi connectivity index (χ3n) is 4.48. The normalized spacial score (nSPS) is 10.8. The van der Waals surface area contributed by atoms with E-state index >= 15 is 0 Å². The lowest BCUT2D eigenvalue weighted by Crippen LogP contribution is -2.24. The van der Waals surface area contributed by atoms with Gasteiger partial charge in [-0.05, 0) is 47.1 Å². The van der Waals surface area contributed by atoms with E-state index in [0.717, 1.165) is 17.4 Å². The number of hydrogen-bond acceptors (Lipinski definition) is 2. The first-order chi connectivity index (χ1) is 12.8. The fraction of sp³-hybridized carbons (Fsp3) is 0.174. The molecule has 1 N–H and O–H groups in total. The summed E-state index contributed by atoms with van der Waals surface area (Å²) in [6, 6.07) is 27.2. The fourth-order valence-electron chi connectivity index (χ4n) is 3.26. The van der Waals surface area contributed by atoms with Gasteiger partial charge < -0.3 is 4.30 Å². The molecule has 0 heterocycles. The van der Waals surface area contributed by atoms with Crippen LogP contribution in [0.5, 0.6) is 0 Å². The minimum absolute atomic E-state index is 0.994. The summed E-state index contributed by atoms with van der Waals surface area (Å²) in [4.78, 5) is 4.64. The number of rotatable bonds is 7. The van der Waals surface area contributed by atoms with Gasteiger partial charge in [0.15, 0.2) is 0 Å². The Bertz CT molecular complexity index is 845. The van der Waals surface area contributed by atoms with Crippen LogP contribution in [0.4, 0.5) is 11.4 Å². The van der Waals surface area contributed by atoms with Gasteiger partial charge in [0.1, 0.15) is 0 Å². The molecule has 0 fully saturated rings. The van der Waals surface area contributed by atoms with Gasteiger partial charge >= 0.3 is 14.4 Å². The molecule has 130 valence electrons. The second-order valence-electron chi connectivity index (χ2n) is 6.55. The van der Waals surface area contributed by atoms with Crippen LogP contribution < -0.4 is 4.30 Å². The maximum Gasteiger partial charge on any atom is 0.412 e. The molecule has 0 saturated heterocycles. The molecule has 2 nitrogen and oxygen atoms in total. The third-order valence-corrected chi connectivity index (χ3v) is 6.36. The first-order valence-corrected chi connectivity index (χ1v) is 11.8. The van der Waals surface area contributed by atoms with Crippen LogP contribution in [0.15, 0.2) is 83.9 Å². The monoisotopic (exact) mass is 356 g/mol. The van der Waals surface area contributed by atoms with Crippen LogP contribution in [0, 0.1) is 0 Å². The van der Waals surface area contributed by atoms with Crippen molar-refractivity contribution in [2.45, 2.75) is 24.4 Å². The molecule has 3 aromatic rings. The first-order valence-electron chi connectivity index (χ1n) is 9.27. The third kappa shape index (κ3) is 5.08. The number of nitrogens with zero attached hydrogens (tertiary/aromatic N) is 1. The number of benzene rings is 3. The molecule has 0 aliphatic heterocycles. The molecule has 0 bridgehead atoms. The average Bonchev–Trinajstić information content (AvgIpc) is 2.68. The van der Waals surface area contributed by atoms with Crippen LogP contribution >= 0.6 is 0 Å². The number of hydrogen-bond donors (Lipinski definition) is 1. The van der Waals surface area contributed by atoms with E-state index in [4.69, 9.17) is 0 Å². The number of nitrogens with one attached hydrogen (secondary N) is 1. The molecule has 0 aliphatic rings. The lowest BCUT2D eigenvalue weighted by atomic mass is 10.0. The maximum absolute atomic E-state index is 4.64. The molecule has 3 rings (SSSR count). The Labute approximate surface area is 161 Å². The number of para-hydroxylation sites is 2. The molecular weight excluding hydrogens is 331 g/mol. The van der Waals surface area contributed by atoms with E-state index in [-0.39, 0.29) is 0 Å². The van der Waals surface area contributed by atoms with Crippen molar-refractivity contribution in [3.8, 4) is 0 Å². The zero-order valence-corrected chi connectivity index (χ0v) is 16.7. The van der Waals surface area contributed by atoms with Crippen molar-refractivity contribution < 1.29 is 0 Å². The van der Waals surface area contributed by atoms with E-state index in [1.54, 1.807) is 0 Å². The zero-order chi connectivity index (χ0) is 18.2. The van der Waals surface area contributed by atoms with Gasteiger partial charge in [0.05, 0.1) is 5.69 Å². The SMILES string of the molecule is CCc1c(C=Nc2ccccc2)cccc1[CH2][Al]([CH3])[NH]c1ccccc1. The van der Waals surface area contributed by atoms with E-state index in [1.807, 2.05) is 36.5 Å². The maximum atomic E-state index is 4.64. The topological polar surface area (TPSA) is 24.4 Å². The Morgan fingerprint density at radius 1 is 0.885 bits per heavy atom. The summed E-state index contributed by atoms with van der Waals surface area (Å²) >= 11 is -1.09.